The summed E-state index contributed by atoms with van der Waals surface area (Å²) < 4.78 is 0. The number of nitrogens with one attached hydrogen (secondary N) is 2. The summed E-state index contributed by atoms with van der Waals surface area (Å²) >= 11 is 0. The molecule has 0 saturated heterocycles. The first-order valence-corrected chi connectivity index (χ1v) is 8.54. The van der Waals surface area contributed by atoms with Crippen LogP contribution in [-0.4, -0.2) is 34.8 Å². The van der Waals surface area contributed by atoms with Gasteiger partial charge in [-0.2, -0.15) is 0 Å². The predicted octanol–water partition coefficient (Wildman–Crippen LogP) is 3.02. The van der Waals surface area contributed by atoms with E-state index in [2.05, 4.69) is 16.9 Å². The van der Waals surface area contributed by atoms with Crippen molar-refractivity contribution in [2.75, 3.05) is 13.1 Å². The van der Waals surface area contributed by atoms with Gasteiger partial charge in [0.05, 0.1) is 6.04 Å². The number of aromatic amines is 1. The predicted molar refractivity (Wildman–Crippen MR) is 101 cm³/mol. The molecule has 0 bridgehead atoms. The van der Waals surface area contributed by atoms with Crippen LogP contribution in [-0.2, 0) is 4.79 Å². The number of hydrogen-bond acceptors (Lipinski definition) is 2. The second kappa shape index (κ2) is 6.52. The number of hydrogen-bond donors (Lipinski definition) is 2. The third-order valence-corrected chi connectivity index (χ3v) is 4.73. The number of para-hydroxylation sites is 1. The summed E-state index contributed by atoms with van der Waals surface area (Å²) in [5.74, 6) is -0.319. The average molecular weight is 345 g/mol. The number of H-pyrrole nitrogens is 1. The molecular weight excluding hydrogens is 326 g/mol. The fraction of sp³-hybridized carbons (Fsp3) is 0.143. The average Bonchev–Trinajstić information content (AvgIpc) is 3.20. The molecule has 2 amide bonds. The molecule has 1 aromatic heterocycles. The molecule has 0 radical (unpaired) electrons. The van der Waals surface area contributed by atoms with Crippen LogP contribution < -0.4 is 5.32 Å². The van der Waals surface area contributed by atoms with Crippen molar-refractivity contribution in [1.29, 1.82) is 0 Å². The Kier molecular flexibility index (Phi) is 4.05. The Hall–Kier alpha value is -3.34. The summed E-state index contributed by atoms with van der Waals surface area (Å²) in [7, 11) is 0. The first-order chi connectivity index (χ1) is 12.7. The van der Waals surface area contributed by atoms with Gasteiger partial charge in [0.25, 0.3) is 5.91 Å². The third kappa shape index (κ3) is 2.58. The highest BCUT2D eigenvalue weighted by Gasteiger charge is 2.39. The van der Waals surface area contributed by atoms with Gasteiger partial charge < -0.3 is 15.2 Å². The summed E-state index contributed by atoms with van der Waals surface area (Å²) in [5.41, 5.74) is 3.59. The zero-order chi connectivity index (χ0) is 18.1. The fourth-order valence-corrected chi connectivity index (χ4v) is 3.59. The second-order valence-corrected chi connectivity index (χ2v) is 6.31. The molecule has 0 aliphatic carbocycles. The van der Waals surface area contributed by atoms with Crippen molar-refractivity contribution in [3.8, 4) is 0 Å². The fourth-order valence-electron chi connectivity index (χ4n) is 3.59. The molecule has 0 saturated carbocycles. The molecule has 1 unspecified atom stereocenters. The van der Waals surface area contributed by atoms with E-state index >= 15 is 0 Å². The van der Waals surface area contributed by atoms with Crippen LogP contribution in [0, 0.1) is 0 Å². The van der Waals surface area contributed by atoms with Crippen LogP contribution in [0.3, 0.4) is 0 Å². The van der Waals surface area contributed by atoms with Gasteiger partial charge in [-0.1, -0.05) is 42.5 Å². The molecule has 5 heteroatoms. The number of nitrogens with zero attached hydrogens (tertiary/aromatic N) is 1. The van der Waals surface area contributed by atoms with Crippen LogP contribution in [0.15, 0.2) is 67.4 Å². The molecule has 4 rings (SSSR count). The SMILES string of the molecule is C=CCNC(=O)CN1C(=O)c2ccccc2C1c1c[nH]c2ccccc12. The molecule has 1 atom stereocenters. The molecule has 130 valence electrons. The highest BCUT2D eigenvalue weighted by atomic mass is 16.2. The van der Waals surface area contributed by atoms with Gasteiger partial charge in [0.15, 0.2) is 0 Å². The van der Waals surface area contributed by atoms with Crippen molar-refractivity contribution in [3.63, 3.8) is 0 Å². The van der Waals surface area contributed by atoms with Crippen LogP contribution in [0.1, 0.15) is 27.5 Å². The van der Waals surface area contributed by atoms with E-state index in [0.717, 1.165) is 22.0 Å². The Morgan fingerprint density at radius 2 is 1.92 bits per heavy atom. The van der Waals surface area contributed by atoms with Crippen molar-refractivity contribution < 1.29 is 9.59 Å². The van der Waals surface area contributed by atoms with Crippen molar-refractivity contribution >= 4 is 22.7 Å². The van der Waals surface area contributed by atoms with Crippen molar-refractivity contribution in [2.45, 2.75) is 6.04 Å². The summed E-state index contributed by atoms with van der Waals surface area (Å²) in [5, 5.41) is 3.81. The largest absolute Gasteiger partial charge is 0.361 e. The molecule has 0 spiro atoms. The molecule has 1 aliphatic heterocycles. The van der Waals surface area contributed by atoms with Crippen molar-refractivity contribution in [2.24, 2.45) is 0 Å². The van der Waals surface area contributed by atoms with Crippen LogP contribution in [0.5, 0.6) is 0 Å². The Bertz CT molecular complexity index is 1010. The lowest BCUT2D eigenvalue weighted by Gasteiger charge is -2.24. The van der Waals surface area contributed by atoms with E-state index in [-0.39, 0.29) is 24.4 Å². The summed E-state index contributed by atoms with van der Waals surface area (Å²) in [6.45, 7) is 3.99. The standard InChI is InChI=1S/C21H19N3O2/c1-2-11-22-19(25)13-24-20(15-8-3-4-9-16(15)21(24)26)17-12-23-18-10-6-5-7-14(17)18/h2-10,12,20,23H,1,11,13H2,(H,22,25). The van der Waals surface area contributed by atoms with E-state index < -0.39 is 0 Å². The van der Waals surface area contributed by atoms with Crippen LogP contribution in [0.2, 0.25) is 0 Å². The van der Waals surface area contributed by atoms with Gasteiger partial charge >= 0.3 is 0 Å². The number of rotatable bonds is 5. The number of benzene rings is 2. The van der Waals surface area contributed by atoms with E-state index in [1.165, 1.54) is 0 Å². The summed E-state index contributed by atoms with van der Waals surface area (Å²) in [4.78, 5) is 30.1. The maximum absolute atomic E-state index is 13.0. The normalized spacial score (nSPS) is 15.9. The van der Waals surface area contributed by atoms with Gasteiger partial charge in [0, 0.05) is 34.8 Å². The number of carbonyl (C=O) groups excluding carboxylic acids is 2. The quantitative estimate of drug-likeness (QED) is 0.698. The first-order valence-electron chi connectivity index (χ1n) is 8.54. The van der Waals surface area contributed by atoms with Gasteiger partial charge in [-0.3, -0.25) is 9.59 Å². The smallest absolute Gasteiger partial charge is 0.255 e. The number of fused-ring (bicyclic) bond motifs is 2. The Morgan fingerprint density at radius 1 is 1.15 bits per heavy atom. The minimum atomic E-state index is -0.288. The van der Waals surface area contributed by atoms with Crippen LogP contribution >= 0.6 is 0 Å². The molecule has 0 fully saturated rings. The second-order valence-electron chi connectivity index (χ2n) is 6.31. The summed E-state index contributed by atoms with van der Waals surface area (Å²) in [6.07, 6.45) is 3.55. The maximum Gasteiger partial charge on any atom is 0.255 e. The summed E-state index contributed by atoms with van der Waals surface area (Å²) in [6, 6.07) is 15.2. The van der Waals surface area contributed by atoms with Crippen LogP contribution in [0.25, 0.3) is 10.9 Å². The third-order valence-electron chi connectivity index (χ3n) is 4.73. The number of aromatic nitrogens is 1. The van der Waals surface area contributed by atoms with Crippen molar-refractivity contribution in [3.05, 3.63) is 84.1 Å². The zero-order valence-corrected chi connectivity index (χ0v) is 14.2. The molecule has 2 heterocycles. The number of amides is 2. The molecule has 26 heavy (non-hydrogen) atoms. The Morgan fingerprint density at radius 3 is 2.77 bits per heavy atom. The number of carbonyl (C=O) groups is 2. The van der Waals surface area contributed by atoms with E-state index in [0.29, 0.717) is 12.1 Å². The minimum absolute atomic E-state index is 0.00548. The Labute approximate surface area is 151 Å². The highest BCUT2D eigenvalue weighted by molar-refractivity contribution is 6.02. The monoisotopic (exact) mass is 345 g/mol. The van der Waals surface area contributed by atoms with Gasteiger partial charge in [-0.05, 0) is 17.7 Å². The van der Waals surface area contributed by atoms with E-state index in [1.54, 1.807) is 11.0 Å². The lowest BCUT2D eigenvalue weighted by atomic mass is 9.97. The van der Waals surface area contributed by atoms with Gasteiger partial charge in [-0.25, -0.2) is 0 Å². The van der Waals surface area contributed by atoms with Gasteiger partial charge in [0.2, 0.25) is 5.91 Å². The lowest BCUT2D eigenvalue weighted by Crippen LogP contribution is -2.39. The topological polar surface area (TPSA) is 65.2 Å². The molecule has 2 aromatic carbocycles. The lowest BCUT2D eigenvalue weighted by molar-refractivity contribution is -0.121. The van der Waals surface area contributed by atoms with E-state index in [9.17, 15) is 9.59 Å². The van der Waals surface area contributed by atoms with E-state index in [4.69, 9.17) is 0 Å². The Balaban J connectivity index is 1.78. The molecule has 1 aliphatic rings. The highest BCUT2D eigenvalue weighted by Crippen LogP contribution is 2.40. The minimum Gasteiger partial charge on any atom is -0.361 e. The maximum atomic E-state index is 13.0. The van der Waals surface area contributed by atoms with E-state index in [1.807, 2.05) is 54.7 Å². The zero-order valence-electron chi connectivity index (χ0n) is 14.2. The van der Waals surface area contributed by atoms with Gasteiger partial charge in [-0.15, -0.1) is 6.58 Å². The van der Waals surface area contributed by atoms with Crippen molar-refractivity contribution in [1.82, 2.24) is 15.2 Å². The molecular formula is C21H19N3O2. The van der Waals surface area contributed by atoms with Crippen LogP contribution in [0.4, 0.5) is 0 Å². The molecule has 2 N–H and O–H groups in total. The molecule has 3 aromatic rings. The molecule has 5 nitrogen and oxygen atoms in total. The first kappa shape index (κ1) is 16.1. The van der Waals surface area contributed by atoms with Gasteiger partial charge in [0.1, 0.15) is 6.54 Å².